The maximum atomic E-state index is 12.6. The number of aliphatic hydroxyl groups excluding tert-OH is 2. The molecule has 0 aliphatic heterocycles. The first-order chi connectivity index (χ1) is 46.5. The number of amides is 1. The number of esters is 1. The third kappa shape index (κ3) is 79.1. The number of ether oxygens (including phenoxy) is 1. The molecule has 6 heteroatoms. The molecule has 0 radical (unpaired) electrons. The summed E-state index contributed by atoms with van der Waals surface area (Å²) >= 11 is 0. The Bertz CT molecular complexity index is 1520. The zero-order valence-electron chi connectivity index (χ0n) is 64.0. The molecular weight excluding hydrogens is 1150 g/mol. The summed E-state index contributed by atoms with van der Waals surface area (Å²) in [7, 11) is 0. The van der Waals surface area contributed by atoms with Gasteiger partial charge in [-0.1, -0.05) is 429 Å². The molecule has 2 atom stereocenters. The van der Waals surface area contributed by atoms with Gasteiger partial charge in [0.25, 0.3) is 0 Å². The summed E-state index contributed by atoms with van der Waals surface area (Å²) in [6.45, 7) is 4.94. The van der Waals surface area contributed by atoms with Crippen molar-refractivity contribution in [2.45, 2.75) is 501 Å². The van der Waals surface area contributed by atoms with Crippen molar-refractivity contribution >= 4 is 11.9 Å². The van der Waals surface area contributed by atoms with Crippen LogP contribution in [0.2, 0.25) is 0 Å². The lowest BCUT2D eigenvalue weighted by molar-refractivity contribution is -0.143. The highest BCUT2D eigenvalue weighted by molar-refractivity contribution is 5.76. The fourth-order valence-electron chi connectivity index (χ4n) is 13.8. The van der Waals surface area contributed by atoms with Crippen molar-refractivity contribution in [1.29, 1.82) is 0 Å². The molecule has 0 rings (SSSR count). The predicted octanol–water partition coefficient (Wildman–Crippen LogP) is 28.9. The second-order valence-corrected chi connectivity index (χ2v) is 29.9. The molecule has 94 heavy (non-hydrogen) atoms. The summed E-state index contributed by atoms with van der Waals surface area (Å²) in [5, 5.41) is 23.3. The number of hydrogen-bond acceptors (Lipinski definition) is 5. The van der Waals surface area contributed by atoms with Crippen molar-refractivity contribution in [1.82, 2.24) is 5.32 Å². The van der Waals surface area contributed by atoms with Crippen LogP contribution in [0, 0.1) is 0 Å². The summed E-state index contributed by atoms with van der Waals surface area (Å²) in [5.74, 6) is -0.0442. The Morgan fingerprint density at radius 1 is 0.287 bits per heavy atom. The van der Waals surface area contributed by atoms with Crippen LogP contribution in [0.3, 0.4) is 0 Å². The van der Waals surface area contributed by atoms with E-state index < -0.39 is 12.1 Å². The van der Waals surface area contributed by atoms with Gasteiger partial charge in [0.1, 0.15) is 0 Å². The van der Waals surface area contributed by atoms with Crippen molar-refractivity contribution in [2.75, 3.05) is 13.2 Å². The molecule has 0 aromatic heterocycles. The van der Waals surface area contributed by atoms with E-state index in [1.54, 1.807) is 6.08 Å². The third-order valence-electron chi connectivity index (χ3n) is 20.4. The molecule has 0 aliphatic rings. The quantitative estimate of drug-likeness (QED) is 0.0320. The van der Waals surface area contributed by atoms with Crippen molar-refractivity contribution < 1.29 is 24.5 Å². The van der Waals surface area contributed by atoms with Gasteiger partial charge in [0.2, 0.25) is 5.91 Å². The Kier molecular flexibility index (Phi) is 81.8. The van der Waals surface area contributed by atoms with Gasteiger partial charge in [-0.05, 0) is 83.5 Å². The van der Waals surface area contributed by atoms with E-state index in [0.717, 1.165) is 44.9 Å². The number of nitrogens with one attached hydrogen (secondary N) is 1. The molecule has 3 N–H and O–H groups in total. The minimum absolute atomic E-state index is 0.0138. The van der Waals surface area contributed by atoms with E-state index in [9.17, 15) is 19.8 Å². The average Bonchev–Trinajstić information content (AvgIpc) is 3.72. The van der Waals surface area contributed by atoms with Gasteiger partial charge in [-0.25, -0.2) is 0 Å². The average molecular weight is 1320 g/mol. The highest BCUT2D eigenvalue weighted by Crippen LogP contribution is 2.20. The molecular formula is C88H169NO5. The molecule has 1 amide bonds. The van der Waals surface area contributed by atoms with E-state index in [4.69, 9.17) is 4.74 Å². The SMILES string of the molecule is CCCCCC/C=C\CCCCCCCC(=O)OCCCCCCCCCCCCCCCCCCCC/C=C\CCCCCCCCCCCCCCCCCCCC(=O)NC(CO)C(O)/C=C/CCCCCCCCCCCCCCCCCCCCCCCCC. The highest BCUT2D eigenvalue weighted by atomic mass is 16.5. The summed E-state index contributed by atoms with van der Waals surface area (Å²) < 4.78 is 5.49. The third-order valence-corrected chi connectivity index (χ3v) is 20.4. The topological polar surface area (TPSA) is 95.9 Å². The Balaban J connectivity index is 3.35. The number of unbranched alkanes of at least 4 members (excludes halogenated alkanes) is 67. The first kappa shape index (κ1) is 92.1. The molecule has 0 aromatic carbocycles. The molecule has 0 fully saturated rings. The van der Waals surface area contributed by atoms with Gasteiger partial charge < -0.3 is 20.3 Å². The molecule has 0 aliphatic carbocycles. The molecule has 2 unspecified atom stereocenters. The van der Waals surface area contributed by atoms with Gasteiger partial charge in [-0.3, -0.25) is 9.59 Å². The van der Waals surface area contributed by atoms with Crippen LogP contribution >= 0.6 is 0 Å². The summed E-state index contributed by atoms with van der Waals surface area (Å²) in [4.78, 5) is 24.6. The first-order valence-corrected chi connectivity index (χ1v) is 43.3. The Morgan fingerprint density at radius 2 is 0.500 bits per heavy atom. The largest absolute Gasteiger partial charge is 0.466 e. The maximum absolute atomic E-state index is 12.6. The van der Waals surface area contributed by atoms with Gasteiger partial charge in [-0.2, -0.15) is 0 Å². The molecule has 0 bridgehead atoms. The van der Waals surface area contributed by atoms with Crippen LogP contribution in [0.1, 0.15) is 489 Å². The van der Waals surface area contributed by atoms with Gasteiger partial charge in [0.05, 0.1) is 25.4 Å². The fourth-order valence-corrected chi connectivity index (χ4v) is 13.8. The van der Waals surface area contributed by atoms with E-state index in [1.165, 1.54) is 417 Å². The van der Waals surface area contributed by atoms with Crippen molar-refractivity contribution in [3.63, 3.8) is 0 Å². The lowest BCUT2D eigenvalue weighted by atomic mass is 10.0. The molecule has 0 heterocycles. The fraction of sp³-hybridized carbons (Fsp3) is 0.909. The lowest BCUT2D eigenvalue weighted by Gasteiger charge is -2.20. The predicted molar refractivity (Wildman–Crippen MR) is 416 cm³/mol. The van der Waals surface area contributed by atoms with Crippen molar-refractivity contribution in [2.24, 2.45) is 0 Å². The molecule has 0 saturated carbocycles. The minimum Gasteiger partial charge on any atom is -0.466 e. The van der Waals surface area contributed by atoms with Gasteiger partial charge >= 0.3 is 5.97 Å². The minimum atomic E-state index is -0.843. The monoisotopic (exact) mass is 1320 g/mol. The number of allylic oxidation sites excluding steroid dienone is 5. The molecule has 0 aromatic rings. The molecule has 0 spiro atoms. The second-order valence-electron chi connectivity index (χ2n) is 29.9. The number of carbonyl (C=O) groups excluding carboxylic acids is 2. The van der Waals surface area contributed by atoms with Crippen molar-refractivity contribution in [3.05, 3.63) is 36.5 Å². The zero-order chi connectivity index (χ0) is 67.7. The normalized spacial score (nSPS) is 12.6. The molecule has 0 saturated heterocycles. The molecule has 556 valence electrons. The number of hydrogen-bond donors (Lipinski definition) is 3. The zero-order valence-corrected chi connectivity index (χ0v) is 64.0. The highest BCUT2D eigenvalue weighted by Gasteiger charge is 2.18. The Morgan fingerprint density at radius 3 is 0.766 bits per heavy atom. The van der Waals surface area contributed by atoms with Gasteiger partial charge in [0.15, 0.2) is 0 Å². The van der Waals surface area contributed by atoms with E-state index in [0.29, 0.717) is 19.4 Å². The first-order valence-electron chi connectivity index (χ1n) is 43.3. The van der Waals surface area contributed by atoms with E-state index in [2.05, 4.69) is 43.5 Å². The lowest BCUT2D eigenvalue weighted by Crippen LogP contribution is -2.45. The smallest absolute Gasteiger partial charge is 0.305 e. The van der Waals surface area contributed by atoms with Crippen LogP contribution < -0.4 is 5.32 Å². The van der Waals surface area contributed by atoms with E-state index >= 15 is 0 Å². The summed E-state index contributed by atoms with van der Waals surface area (Å²) in [6, 6.07) is -0.626. The number of rotatable bonds is 82. The van der Waals surface area contributed by atoms with Gasteiger partial charge in [0, 0.05) is 12.8 Å². The maximum Gasteiger partial charge on any atom is 0.305 e. The Labute approximate surface area is 589 Å². The molecule has 6 nitrogen and oxygen atoms in total. The van der Waals surface area contributed by atoms with Crippen LogP contribution in [0.4, 0.5) is 0 Å². The number of carbonyl (C=O) groups is 2. The number of aliphatic hydroxyl groups is 2. The van der Waals surface area contributed by atoms with E-state index in [-0.39, 0.29) is 18.5 Å². The second kappa shape index (κ2) is 83.5. The summed E-state index contributed by atoms with van der Waals surface area (Å²) in [5.41, 5.74) is 0. The van der Waals surface area contributed by atoms with Crippen LogP contribution in [0.15, 0.2) is 36.5 Å². The van der Waals surface area contributed by atoms with Crippen LogP contribution in [0.5, 0.6) is 0 Å². The van der Waals surface area contributed by atoms with Crippen LogP contribution in [-0.4, -0.2) is 47.4 Å². The Hall–Kier alpha value is -1.92. The van der Waals surface area contributed by atoms with Crippen molar-refractivity contribution in [3.8, 4) is 0 Å². The van der Waals surface area contributed by atoms with Gasteiger partial charge in [-0.15, -0.1) is 0 Å². The van der Waals surface area contributed by atoms with Crippen LogP contribution in [-0.2, 0) is 14.3 Å². The summed E-state index contributed by atoms with van der Waals surface area (Å²) in [6.07, 6.45) is 110. The van der Waals surface area contributed by atoms with E-state index in [1.807, 2.05) is 6.08 Å². The van der Waals surface area contributed by atoms with Crippen LogP contribution in [0.25, 0.3) is 0 Å². The standard InChI is InChI=1S/C88H169NO5/c1-3-5-7-9-11-13-15-17-18-19-20-21-22-38-41-44-47-50-53-57-60-64-68-72-76-80-86(91)85(84-90)89-87(92)81-77-73-69-65-61-58-54-51-48-45-42-39-36-34-32-30-28-26-24-23-25-27-29-31-33-35-37-40-43-46-49-52-55-59-63-67-71-75-79-83-94-88(93)82-78-74-70-66-62-56-16-14-12-10-8-6-4-2/h14,16,23-24,76,80,85-86,90-91H,3-13,15,17-22,25-75,77-79,81-84H2,1-2H3,(H,89,92)/b16-14-,24-23-,80-76+.